The number of aromatic nitrogens is 3. The Morgan fingerprint density at radius 3 is 2.65 bits per heavy atom. The summed E-state index contributed by atoms with van der Waals surface area (Å²) in [4.78, 5) is 4.26. The van der Waals surface area contributed by atoms with E-state index >= 15 is 0 Å². The number of hydrogen-bond donors (Lipinski definition) is 2. The van der Waals surface area contributed by atoms with E-state index in [1.807, 2.05) is 53.1 Å². The van der Waals surface area contributed by atoms with Gasteiger partial charge in [-0.1, -0.05) is 29.8 Å². The van der Waals surface area contributed by atoms with Crippen LogP contribution in [0.5, 0.6) is 0 Å². The summed E-state index contributed by atoms with van der Waals surface area (Å²) in [6, 6.07) is 13.8. The third kappa shape index (κ3) is 4.95. The minimum atomic E-state index is 0.764. The average Bonchev–Trinajstić information content (AvgIpc) is 3.08. The summed E-state index contributed by atoms with van der Waals surface area (Å²) < 4.78 is 2.03. The number of aliphatic imine (C=N–C) groups is 1. The molecular formula is C19H23ClN6. The fourth-order valence-electron chi connectivity index (χ4n) is 2.71. The molecule has 136 valence electrons. The molecule has 0 saturated carbocycles. The fourth-order valence-corrected chi connectivity index (χ4v) is 2.84. The van der Waals surface area contributed by atoms with Gasteiger partial charge in [0, 0.05) is 37.8 Å². The molecule has 1 aromatic carbocycles. The molecule has 0 spiro atoms. The van der Waals surface area contributed by atoms with E-state index in [1.54, 1.807) is 7.05 Å². The van der Waals surface area contributed by atoms with E-state index in [0.29, 0.717) is 0 Å². The predicted octanol–water partition coefficient (Wildman–Crippen LogP) is 2.72. The summed E-state index contributed by atoms with van der Waals surface area (Å²) in [6.45, 7) is 1.64. The number of halogens is 1. The van der Waals surface area contributed by atoms with Crippen LogP contribution in [0.3, 0.4) is 0 Å². The summed E-state index contributed by atoms with van der Waals surface area (Å²) in [5.41, 5.74) is 2.13. The Balaban J connectivity index is 1.38. The van der Waals surface area contributed by atoms with Gasteiger partial charge in [0.05, 0.1) is 0 Å². The highest BCUT2D eigenvalue weighted by atomic mass is 35.5. The molecule has 0 unspecified atom stereocenters. The number of hydrogen-bond acceptors (Lipinski definition) is 3. The van der Waals surface area contributed by atoms with Gasteiger partial charge in [-0.3, -0.25) is 9.39 Å². The molecule has 6 nitrogen and oxygen atoms in total. The number of nitrogens with one attached hydrogen (secondary N) is 2. The van der Waals surface area contributed by atoms with Gasteiger partial charge in [-0.25, -0.2) is 0 Å². The molecule has 0 radical (unpaired) electrons. The lowest BCUT2D eigenvalue weighted by atomic mass is 10.1. The van der Waals surface area contributed by atoms with Gasteiger partial charge in [0.25, 0.3) is 0 Å². The van der Waals surface area contributed by atoms with E-state index in [4.69, 9.17) is 11.6 Å². The van der Waals surface area contributed by atoms with Crippen LogP contribution >= 0.6 is 11.6 Å². The largest absolute Gasteiger partial charge is 0.356 e. The zero-order valence-electron chi connectivity index (χ0n) is 14.8. The third-order valence-corrected chi connectivity index (χ3v) is 4.35. The van der Waals surface area contributed by atoms with E-state index < -0.39 is 0 Å². The second-order valence-corrected chi connectivity index (χ2v) is 6.39. The maximum absolute atomic E-state index is 5.90. The number of guanidine groups is 1. The van der Waals surface area contributed by atoms with Gasteiger partial charge in [0.2, 0.25) is 0 Å². The normalized spacial score (nSPS) is 11.7. The van der Waals surface area contributed by atoms with Gasteiger partial charge in [0.1, 0.15) is 5.82 Å². The molecule has 2 heterocycles. The molecule has 3 aromatic rings. The molecule has 0 aliphatic heterocycles. The molecule has 0 saturated heterocycles. The molecule has 3 rings (SSSR count). The first-order chi connectivity index (χ1) is 12.8. The van der Waals surface area contributed by atoms with Crippen molar-refractivity contribution < 1.29 is 0 Å². The van der Waals surface area contributed by atoms with Gasteiger partial charge >= 0.3 is 0 Å². The van der Waals surface area contributed by atoms with Crippen LogP contribution in [0.15, 0.2) is 53.7 Å². The smallest absolute Gasteiger partial charge is 0.190 e. The number of pyridine rings is 1. The minimum Gasteiger partial charge on any atom is -0.356 e. The first-order valence-corrected chi connectivity index (χ1v) is 9.11. The van der Waals surface area contributed by atoms with Crippen molar-refractivity contribution in [2.75, 3.05) is 20.1 Å². The lowest BCUT2D eigenvalue weighted by molar-refractivity contribution is 0.713. The van der Waals surface area contributed by atoms with E-state index in [1.165, 1.54) is 5.56 Å². The standard InChI is InChI=1S/C19H23ClN6/c1-21-19(23-13-11-15-7-9-16(20)10-8-15)22-12-4-6-18-25-24-17-5-2-3-14-26(17)18/h2-3,5,7-10,14H,4,6,11-13H2,1H3,(H2,21,22,23). The second-order valence-electron chi connectivity index (χ2n) is 5.95. The first kappa shape index (κ1) is 18.2. The van der Waals surface area contributed by atoms with Crippen molar-refractivity contribution in [2.45, 2.75) is 19.3 Å². The highest BCUT2D eigenvalue weighted by molar-refractivity contribution is 6.30. The number of fused-ring (bicyclic) bond motifs is 1. The number of benzene rings is 1. The SMILES string of the molecule is CN=C(NCCCc1nnc2ccccn12)NCCc1ccc(Cl)cc1. The number of nitrogens with zero attached hydrogens (tertiary/aromatic N) is 4. The summed E-state index contributed by atoms with van der Waals surface area (Å²) >= 11 is 5.90. The highest BCUT2D eigenvalue weighted by Crippen LogP contribution is 2.09. The second kappa shape index (κ2) is 9.20. The fraction of sp³-hybridized carbons (Fsp3) is 0.316. The summed E-state index contributed by atoms with van der Waals surface area (Å²) in [5.74, 6) is 1.79. The number of rotatable bonds is 7. The Kier molecular flexibility index (Phi) is 6.44. The van der Waals surface area contributed by atoms with Crippen molar-refractivity contribution in [1.29, 1.82) is 0 Å². The zero-order chi connectivity index (χ0) is 18.2. The van der Waals surface area contributed by atoms with Crippen molar-refractivity contribution in [3.05, 3.63) is 65.1 Å². The molecule has 0 aliphatic rings. The van der Waals surface area contributed by atoms with Crippen molar-refractivity contribution in [2.24, 2.45) is 4.99 Å². The molecule has 0 atom stereocenters. The van der Waals surface area contributed by atoms with Crippen LogP contribution in [0, 0.1) is 0 Å². The maximum atomic E-state index is 5.90. The van der Waals surface area contributed by atoms with Crippen molar-refractivity contribution in [1.82, 2.24) is 25.2 Å². The van der Waals surface area contributed by atoms with Gasteiger partial charge in [0.15, 0.2) is 11.6 Å². The molecule has 0 bridgehead atoms. The van der Waals surface area contributed by atoms with Crippen LogP contribution in [-0.4, -0.2) is 40.7 Å². The lowest BCUT2D eigenvalue weighted by Crippen LogP contribution is -2.38. The predicted molar refractivity (Wildman–Crippen MR) is 106 cm³/mol. The van der Waals surface area contributed by atoms with Gasteiger partial charge in [-0.15, -0.1) is 10.2 Å². The van der Waals surface area contributed by atoms with Crippen molar-refractivity contribution >= 4 is 23.2 Å². The van der Waals surface area contributed by atoms with Crippen LogP contribution in [0.25, 0.3) is 5.65 Å². The van der Waals surface area contributed by atoms with Crippen LogP contribution in [0.2, 0.25) is 5.02 Å². The molecule has 0 aliphatic carbocycles. The Morgan fingerprint density at radius 1 is 1.04 bits per heavy atom. The Morgan fingerprint density at radius 2 is 1.85 bits per heavy atom. The van der Waals surface area contributed by atoms with E-state index in [-0.39, 0.29) is 0 Å². The minimum absolute atomic E-state index is 0.764. The quantitative estimate of drug-likeness (QED) is 0.381. The van der Waals surface area contributed by atoms with Gasteiger partial charge in [-0.2, -0.15) is 0 Å². The molecule has 26 heavy (non-hydrogen) atoms. The zero-order valence-corrected chi connectivity index (χ0v) is 15.6. The molecule has 0 fully saturated rings. The summed E-state index contributed by atoms with van der Waals surface area (Å²) in [6.07, 6.45) is 4.73. The monoisotopic (exact) mass is 370 g/mol. The van der Waals surface area contributed by atoms with Gasteiger partial charge in [-0.05, 0) is 42.7 Å². The molecule has 2 aromatic heterocycles. The Hall–Kier alpha value is -2.60. The van der Waals surface area contributed by atoms with Gasteiger partial charge < -0.3 is 10.6 Å². The summed E-state index contributed by atoms with van der Waals surface area (Å²) in [5, 5.41) is 15.9. The lowest BCUT2D eigenvalue weighted by Gasteiger charge is -2.11. The van der Waals surface area contributed by atoms with Crippen LogP contribution < -0.4 is 10.6 Å². The highest BCUT2D eigenvalue weighted by Gasteiger charge is 2.04. The number of aryl methyl sites for hydroxylation is 1. The van der Waals surface area contributed by atoms with E-state index in [2.05, 4.69) is 25.8 Å². The Bertz CT molecular complexity index is 856. The molecule has 0 amide bonds. The molecule has 2 N–H and O–H groups in total. The van der Waals surface area contributed by atoms with Crippen molar-refractivity contribution in [3.63, 3.8) is 0 Å². The maximum Gasteiger partial charge on any atom is 0.190 e. The Labute approximate surface area is 158 Å². The average molecular weight is 371 g/mol. The summed E-state index contributed by atoms with van der Waals surface area (Å²) in [7, 11) is 1.78. The molecule has 7 heteroatoms. The van der Waals surface area contributed by atoms with E-state index in [0.717, 1.165) is 54.8 Å². The molecular weight excluding hydrogens is 348 g/mol. The van der Waals surface area contributed by atoms with Crippen LogP contribution in [0.1, 0.15) is 17.8 Å². The van der Waals surface area contributed by atoms with Crippen LogP contribution in [0.4, 0.5) is 0 Å². The van der Waals surface area contributed by atoms with E-state index in [9.17, 15) is 0 Å². The first-order valence-electron chi connectivity index (χ1n) is 8.74. The van der Waals surface area contributed by atoms with Crippen LogP contribution in [-0.2, 0) is 12.8 Å². The third-order valence-electron chi connectivity index (χ3n) is 4.10. The topological polar surface area (TPSA) is 66.6 Å². The van der Waals surface area contributed by atoms with Crippen molar-refractivity contribution in [3.8, 4) is 0 Å².